The normalized spacial score (nSPS) is 24.2. The molecule has 2 aliphatic carbocycles. The Hall–Kier alpha value is -1.72. The molecule has 2 saturated carbocycles. The van der Waals surface area contributed by atoms with E-state index in [1.165, 1.54) is 30.5 Å². The third kappa shape index (κ3) is 2.79. The SMILES string of the molecule is NS(=O)(=O)c1ccccc1C1CC1c1ccnc(C2CCC2)c1. The molecule has 1 aromatic carbocycles. The maximum absolute atomic E-state index is 11.8. The van der Waals surface area contributed by atoms with Gasteiger partial charge in [-0.3, -0.25) is 4.98 Å². The van der Waals surface area contributed by atoms with Gasteiger partial charge in [0.05, 0.1) is 4.90 Å². The molecule has 2 aromatic rings. The Kier molecular flexibility index (Phi) is 3.50. The summed E-state index contributed by atoms with van der Waals surface area (Å²) in [7, 11) is -3.67. The second-order valence-corrected chi connectivity index (χ2v) is 8.20. The maximum atomic E-state index is 11.8. The van der Waals surface area contributed by atoms with Crippen molar-refractivity contribution in [1.29, 1.82) is 0 Å². The lowest BCUT2D eigenvalue weighted by Gasteiger charge is -2.25. The number of aromatic nitrogens is 1. The fourth-order valence-corrected chi connectivity index (χ4v) is 4.39. The van der Waals surface area contributed by atoms with Crippen LogP contribution < -0.4 is 5.14 Å². The molecule has 4 rings (SSSR count). The lowest BCUT2D eigenvalue weighted by molar-refractivity contribution is 0.411. The Labute approximate surface area is 136 Å². The van der Waals surface area contributed by atoms with Gasteiger partial charge in [0.1, 0.15) is 0 Å². The van der Waals surface area contributed by atoms with E-state index in [1.807, 2.05) is 18.3 Å². The van der Waals surface area contributed by atoms with Gasteiger partial charge in [0.15, 0.2) is 0 Å². The lowest BCUT2D eigenvalue weighted by Crippen LogP contribution is -2.14. The van der Waals surface area contributed by atoms with Crippen molar-refractivity contribution >= 4 is 10.0 Å². The van der Waals surface area contributed by atoms with Crippen LogP contribution in [0, 0.1) is 0 Å². The fourth-order valence-electron chi connectivity index (χ4n) is 3.58. The minimum absolute atomic E-state index is 0.237. The molecule has 0 saturated heterocycles. The molecule has 4 nitrogen and oxygen atoms in total. The molecule has 23 heavy (non-hydrogen) atoms. The number of hydrogen-bond acceptors (Lipinski definition) is 3. The largest absolute Gasteiger partial charge is 0.261 e. The summed E-state index contributed by atoms with van der Waals surface area (Å²) >= 11 is 0. The first-order chi connectivity index (χ1) is 11.0. The highest BCUT2D eigenvalue weighted by molar-refractivity contribution is 7.89. The van der Waals surface area contributed by atoms with Crippen molar-refractivity contribution in [2.24, 2.45) is 5.14 Å². The van der Waals surface area contributed by atoms with Crippen LogP contribution in [0.2, 0.25) is 0 Å². The van der Waals surface area contributed by atoms with E-state index in [4.69, 9.17) is 5.14 Å². The molecule has 2 fully saturated rings. The van der Waals surface area contributed by atoms with Gasteiger partial charge >= 0.3 is 0 Å². The second kappa shape index (κ2) is 5.42. The van der Waals surface area contributed by atoms with E-state index < -0.39 is 10.0 Å². The van der Waals surface area contributed by atoms with Gasteiger partial charge < -0.3 is 0 Å². The van der Waals surface area contributed by atoms with Crippen molar-refractivity contribution in [1.82, 2.24) is 4.98 Å². The molecule has 0 aliphatic heterocycles. The number of hydrogen-bond donors (Lipinski definition) is 1. The molecule has 2 N–H and O–H groups in total. The monoisotopic (exact) mass is 328 g/mol. The van der Waals surface area contributed by atoms with E-state index >= 15 is 0 Å². The summed E-state index contributed by atoms with van der Waals surface area (Å²) in [6.45, 7) is 0. The third-order valence-electron chi connectivity index (χ3n) is 5.17. The number of primary sulfonamides is 1. The van der Waals surface area contributed by atoms with Gasteiger partial charge in [-0.05, 0) is 60.4 Å². The standard InChI is InChI=1S/C18H20N2O2S/c19-23(21,22)18-7-2-1-6-14(18)16-11-15(16)13-8-9-20-17(10-13)12-4-3-5-12/h1-2,6-10,12,15-16H,3-5,11H2,(H2,19,21,22). The summed E-state index contributed by atoms with van der Waals surface area (Å²) in [5, 5.41) is 5.36. The average molecular weight is 328 g/mol. The van der Waals surface area contributed by atoms with Crippen LogP contribution in [0.25, 0.3) is 0 Å². The van der Waals surface area contributed by atoms with Crippen molar-refractivity contribution in [3.8, 4) is 0 Å². The zero-order valence-electron chi connectivity index (χ0n) is 12.9. The highest BCUT2D eigenvalue weighted by Crippen LogP contribution is 2.56. The fraction of sp³-hybridized carbons (Fsp3) is 0.389. The molecule has 0 amide bonds. The van der Waals surface area contributed by atoms with Gasteiger partial charge in [0, 0.05) is 17.8 Å². The molecule has 2 atom stereocenters. The first kappa shape index (κ1) is 14.8. The molecule has 2 unspecified atom stereocenters. The van der Waals surface area contributed by atoms with Crippen LogP contribution in [0.4, 0.5) is 0 Å². The molecule has 120 valence electrons. The highest BCUT2D eigenvalue weighted by Gasteiger charge is 2.42. The third-order valence-corrected chi connectivity index (χ3v) is 6.16. The first-order valence-electron chi connectivity index (χ1n) is 8.11. The number of pyridine rings is 1. The van der Waals surface area contributed by atoms with Crippen molar-refractivity contribution < 1.29 is 8.42 Å². The predicted octanol–water partition coefficient (Wildman–Crippen LogP) is 3.27. The van der Waals surface area contributed by atoms with Crippen LogP contribution in [0.3, 0.4) is 0 Å². The predicted molar refractivity (Wildman–Crippen MR) is 88.7 cm³/mol. The Morgan fingerprint density at radius 3 is 2.57 bits per heavy atom. The summed E-state index contributed by atoms with van der Waals surface area (Å²) in [6.07, 6.45) is 6.63. The zero-order valence-corrected chi connectivity index (χ0v) is 13.7. The van der Waals surface area contributed by atoms with Crippen molar-refractivity contribution in [2.75, 3.05) is 0 Å². The van der Waals surface area contributed by atoms with Crippen LogP contribution in [-0.4, -0.2) is 13.4 Å². The van der Waals surface area contributed by atoms with Crippen LogP contribution in [-0.2, 0) is 10.0 Å². The summed E-state index contributed by atoms with van der Waals surface area (Å²) in [5.41, 5.74) is 3.32. The molecule has 0 bridgehead atoms. The maximum Gasteiger partial charge on any atom is 0.238 e. The van der Waals surface area contributed by atoms with Gasteiger partial charge in [-0.2, -0.15) is 0 Å². The van der Waals surface area contributed by atoms with Crippen LogP contribution in [0.15, 0.2) is 47.5 Å². The highest BCUT2D eigenvalue weighted by atomic mass is 32.2. The van der Waals surface area contributed by atoms with Crippen LogP contribution >= 0.6 is 0 Å². The summed E-state index contributed by atoms with van der Waals surface area (Å²) < 4.78 is 23.6. The Morgan fingerprint density at radius 2 is 1.87 bits per heavy atom. The summed E-state index contributed by atoms with van der Waals surface area (Å²) in [4.78, 5) is 4.77. The van der Waals surface area contributed by atoms with Gasteiger partial charge in [-0.1, -0.05) is 24.6 Å². The van der Waals surface area contributed by atoms with E-state index in [2.05, 4.69) is 17.1 Å². The topological polar surface area (TPSA) is 73.1 Å². The summed E-state index contributed by atoms with van der Waals surface area (Å²) in [6, 6.07) is 11.4. The van der Waals surface area contributed by atoms with Crippen molar-refractivity contribution in [3.05, 3.63) is 59.4 Å². The number of benzene rings is 1. The molecule has 5 heteroatoms. The van der Waals surface area contributed by atoms with E-state index in [1.54, 1.807) is 12.1 Å². The van der Waals surface area contributed by atoms with Gasteiger partial charge in [-0.25, -0.2) is 13.6 Å². The molecule has 2 aliphatic rings. The Morgan fingerprint density at radius 1 is 1.09 bits per heavy atom. The number of nitrogens with two attached hydrogens (primary N) is 1. The molecule has 1 heterocycles. The van der Waals surface area contributed by atoms with E-state index in [0.29, 0.717) is 11.8 Å². The number of rotatable bonds is 4. The van der Waals surface area contributed by atoms with E-state index in [-0.39, 0.29) is 10.8 Å². The van der Waals surface area contributed by atoms with E-state index in [0.717, 1.165) is 12.0 Å². The van der Waals surface area contributed by atoms with Gasteiger partial charge in [0.25, 0.3) is 0 Å². The average Bonchev–Trinajstić information content (AvgIpc) is 3.25. The molecular weight excluding hydrogens is 308 g/mol. The van der Waals surface area contributed by atoms with Crippen LogP contribution in [0.5, 0.6) is 0 Å². The quantitative estimate of drug-likeness (QED) is 0.936. The smallest absolute Gasteiger partial charge is 0.238 e. The molecule has 1 aromatic heterocycles. The second-order valence-electron chi connectivity index (χ2n) is 6.67. The zero-order chi connectivity index (χ0) is 16.0. The summed E-state index contributed by atoms with van der Waals surface area (Å²) in [5.74, 6) is 1.23. The minimum atomic E-state index is -3.67. The van der Waals surface area contributed by atoms with Crippen molar-refractivity contribution in [3.63, 3.8) is 0 Å². The Bertz CT molecular complexity index is 844. The van der Waals surface area contributed by atoms with Gasteiger partial charge in [-0.15, -0.1) is 0 Å². The Balaban J connectivity index is 1.61. The minimum Gasteiger partial charge on any atom is -0.261 e. The first-order valence-corrected chi connectivity index (χ1v) is 9.66. The van der Waals surface area contributed by atoms with E-state index in [9.17, 15) is 8.42 Å². The van der Waals surface area contributed by atoms with Crippen LogP contribution in [0.1, 0.15) is 60.3 Å². The number of sulfonamides is 1. The van der Waals surface area contributed by atoms with Gasteiger partial charge in [0.2, 0.25) is 10.0 Å². The molecular formula is C18H20N2O2S. The van der Waals surface area contributed by atoms with Crippen molar-refractivity contribution in [2.45, 2.75) is 48.3 Å². The molecule has 0 spiro atoms. The number of nitrogens with zero attached hydrogens (tertiary/aromatic N) is 1. The molecule has 0 radical (unpaired) electrons. The lowest BCUT2D eigenvalue weighted by atomic mass is 9.82.